The normalized spacial score (nSPS) is 10.5. The van der Waals surface area contributed by atoms with E-state index >= 15 is 0 Å². The van der Waals surface area contributed by atoms with Gasteiger partial charge in [0, 0.05) is 25.2 Å². The fraction of sp³-hybridized carbons (Fsp3) is 0.286. The number of aromatic nitrogens is 3. The number of carbonyl (C=O) groups is 1. The highest BCUT2D eigenvalue weighted by Gasteiger charge is 2.17. The average Bonchev–Trinajstić information content (AvgIpc) is 3.25. The Bertz CT molecular complexity index is 1010. The predicted molar refractivity (Wildman–Crippen MR) is 115 cm³/mol. The molecule has 8 nitrogen and oxygen atoms in total. The SMILES string of the molecule is COc1cccc(-n2cnnc2SCC(=O)N(C)Cc2cccc(OC)c2OC)c1. The predicted octanol–water partition coefficient (Wildman–Crippen LogP) is 3.04. The minimum Gasteiger partial charge on any atom is -0.497 e. The summed E-state index contributed by atoms with van der Waals surface area (Å²) in [7, 11) is 6.55. The molecule has 3 rings (SSSR count). The summed E-state index contributed by atoms with van der Waals surface area (Å²) in [5.74, 6) is 2.19. The van der Waals surface area contributed by atoms with Crippen LogP contribution in [-0.2, 0) is 11.3 Å². The van der Waals surface area contributed by atoms with Crippen LogP contribution < -0.4 is 14.2 Å². The van der Waals surface area contributed by atoms with Crippen LogP contribution in [0.2, 0.25) is 0 Å². The molecule has 0 atom stereocenters. The number of hydrogen-bond donors (Lipinski definition) is 0. The number of thioether (sulfide) groups is 1. The fourth-order valence-electron chi connectivity index (χ4n) is 2.92. The van der Waals surface area contributed by atoms with Gasteiger partial charge in [-0.05, 0) is 18.2 Å². The first kappa shape index (κ1) is 21.5. The summed E-state index contributed by atoms with van der Waals surface area (Å²) in [6, 6.07) is 13.2. The maximum absolute atomic E-state index is 12.7. The van der Waals surface area contributed by atoms with E-state index in [9.17, 15) is 4.79 Å². The third-order valence-corrected chi connectivity index (χ3v) is 5.42. The molecule has 0 saturated carbocycles. The third kappa shape index (κ3) is 4.85. The maximum Gasteiger partial charge on any atom is 0.233 e. The topological polar surface area (TPSA) is 78.7 Å². The molecule has 9 heteroatoms. The summed E-state index contributed by atoms with van der Waals surface area (Å²) in [6.07, 6.45) is 1.62. The van der Waals surface area contributed by atoms with E-state index in [-0.39, 0.29) is 11.7 Å². The molecule has 0 aliphatic carbocycles. The largest absolute Gasteiger partial charge is 0.497 e. The van der Waals surface area contributed by atoms with Crippen molar-refractivity contribution in [3.8, 4) is 22.9 Å². The van der Waals surface area contributed by atoms with Crippen LogP contribution in [0.15, 0.2) is 53.9 Å². The molecular weight excluding hydrogens is 404 g/mol. The summed E-state index contributed by atoms with van der Waals surface area (Å²) in [5.41, 5.74) is 1.74. The number of hydrogen-bond acceptors (Lipinski definition) is 7. The quantitative estimate of drug-likeness (QED) is 0.485. The summed E-state index contributed by atoms with van der Waals surface area (Å²) in [6.45, 7) is 0.405. The van der Waals surface area contributed by atoms with E-state index in [1.165, 1.54) is 11.8 Å². The zero-order valence-corrected chi connectivity index (χ0v) is 18.2. The van der Waals surface area contributed by atoms with E-state index in [2.05, 4.69) is 10.2 Å². The van der Waals surface area contributed by atoms with Gasteiger partial charge in [-0.15, -0.1) is 10.2 Å². The molecule has 1 aromatic heterocycles. The molecule has 0 saturated heterocycles. The van der Waals surface area contributed by atoms with E-state index in [1.807, 2.05) is 47.0 Å². The number of benzene rings is 2. The van der Waals surface area contributed by atoms with Crippen LogP contribution >= 0.6 is 11.8 Å². The molecule has 1 amide bonds. The molecule has 30 heavy (non-hydrogen) atoms. The summed E-state index contributed by atoms with van der Waals surface area (Å²) >= 11 is 1.33. The molecule has 0 aliphatic heterocycles. The van der Waals surface area contributed by atoms with E-state index in [0.717, 1.165) is 17.0 Å². The number of para-hydroxylation sites is 1. The van der Waals surface area contributed by atoms with Crippen LogP contribution in [0, 0.1) is 0 Å². The number of ether oxygens (including phenoxy) is 3. The molecule has 0 aliphatic rings. The highest BCUT2D eigenvalue weighted by atomic mass is 32.2. The van der Waals surface area contributed by atoms with E-state index in [0.29, 0.717) is 23.2 Å². The second-order valence-corrected chi connectivity index (χ2v) is 7.32. The standard InChI is InChI=1S/C21H24N4O4S/c1-24(12-15-7-5-10-18(28-3)20(15)29-4)19(26)13-30-21-23-22-14-25(21)16-8-6-9-17(11-16)27-2/h5-11,14H,12-13H2,1-4H3. The molecule has 3 aromatic rings. The summed E-state index contributed by atoms with van der Waals surface area (Å²) < 4.78 is 17.9. The first-order valence-corrected chi connectivity index (χ1v) is 10.2. The number of methoxy groups -OCH3 is 3. The Hall–Kier alpha value is -3.20. The van der Waals surface area contributed by atoms with Gasteiger partial charge in [0.25, 0.3) is 0 Å². The highest BCUT2D eigenvalue weighted by molar-refractivity contribution is 7.99. The number of amides is 1. The van der Waals surface area contributed by atoms with Gasteiger partial charge in [0.1, 0.15) is 12.1 Å². The Morgan fingerprint density at radius 3 is 2.63 bits per heavy atom. The van der Waals surface area contributed by atoms with Gasteiger partial charge in [-0.2, -0.15) is 0 Å². The zero-order valence-electron chi connectivity index (χ0n) is 17.4. The Kier molecular flexibility index (Phi) is 7.18. The maximum atomic E-state index is 12.7. The fourth-order valence-corrected chi connectivity index (χ4v) is 3.79. The van der Waals surface area contributed by atoms with Crippen molar-refractivity contribution >= 4 is 17.7 Å². The Morgan fingerprint density at radius 1 is 1.10 bits per heavy atom. The second-order valence-electron chi connectivity index (χ2n) is 6.38. The van der Waals surface area contributed by atoms with Crippen molar-refractivity contribution in [3.63, 3.8) is 0 Å². The molecule has 1 heterocycles. The smallest absolute Gasteiger partial charge is 0.233 e. The Morgan fingerprint density at radius 2 is 1.90 bits per heavy atom. The van der Waals surface area contributed by atoms with E-state index in [1.54, 1.807) is 39.6 Å². The van der Waals surface area contributed by atoms with Crippen LogP contribution in [0.1, 0.15) is 5.56 Å². The first-order chi connectivity index (χ1) is 14.6. The number of rotatable bonds is 9. The van der Waals surface area contributed by atoms with Crippen molar-refractivity contribution in [3.05, 3.63) is 54.4 Å². The van der Waals surface area contributed by atoms with Gasteiger partial charge >= 0.3 is 0 Å². The average molecular weight is 429 g/mol. The molecule has 0 fully saturated rings. The summed E-state index contributed by atoms with van der Waals surface area (Å²) in [5, 5.41) is 8.75. The van der Waals surface area contributed by atoms with Crippen LogP contribution in [0.25, 0.3) is 5.69 Å². The molecule has 158 valence electrons. The van der Waals surface area contributed by atoms with Crippen molar-refractivity contribution in [1.82, 2.24) is 19.7 Å². The lowest BCUT2D eigenvalue weighted by Crippen LogP contribution is -2.28. The van der Waals surface area contributed by atoms with Crippen molar-refractivity contribution in [2.75, 3.05) is 34.1 Å². The van der Waals surface area contributed by atoms with Gasteiger partial charge in [-0.3, -0.25) is 9.36 Å². The third-order valence-electron chi connectivity index (χ3n) is 4.49. The molecular formula is C21H24N4O4S. The van der Waals surface area contributed by atoms with Gasteiger partial charge in [0.05, 0.1) is 32.8 Å². The van der Waals surface area contributed by atoms with Crippen molar-refractivity contribution in [2.24, 2.45) is 0 Å². The van der Waals surface area contributed by atoms with E-state index < -0.39 is 0 Å². The van der Waals surface area contributed by atoms with Crippen LogP contribution in [0.5, 0.6) is 17.2 Å². The van der Waals surface area contributed by atoms with Gasteiger partial charge in [-0.1, -0.05) is 30.0 Å². The molecule has 0 unspecified atom stereocenters. The van der Waals surface area contributed by atoms with Crippen LogP contribution in [0.3, 0.4) is 0 Å². The van der Waals surface area contributed by atoms with Gasteiger partial charge in [0.2, 0.25) is 5.91 Å². The first-order valence-electron chi connectivity index (χ1n) is 9.18. The monoisotopic (exact) mass is 428 g/mol. The molecule has 0 bridgehead atoms. The zero-order chi connectivity index (χ0) is 21.5. The molecule has 2 aromatic carbocycles. The molecule has 0 radical (unpaired) electrons. The van der Waals surface area contributed by atoms with Crippen LogP contribution in [-0.4, -0.2) is 59.7 Å². The van der Waals surface area contributed by atoms with Crippen molar-refractivity contribution < 1.29 is 19.0 Å². The van der Waals surface area contributed by atoms with Gasteiger partial charge in [-0.25, -0.2) is 0 Å². The Balaban J connectivity index is 1.66. The van der Waals surface area contributed by atoms with E-state index in [4.69, 9.17) is 14.2 Å². The summed E-state index contributed by atoms with van der Waals surface area (Å²) in [4.78, 5) is 14.3. The lowest BCUT2D eigenvalue weighted by Gasteiger charge is -2.19. The number of carbonyl (C=O) groups excluding carboxylic acids is 1. The minimum atomic E-state index is -0.0370. The lowest BCUT2D eigenvalue weighted by molar-refractivity contribution is -0.127. The van der Waals surface area contributed by atoms with Gasteiger partial charge < -0.3 is 19.1 Å². The lowest BCUT2D eigenvalue weighted by atomic mass is 10.1. The number of nitrogens with zero attached hydrogens (tertiary/aromatic N) is 4. The highest BCUT2D eigenvalue weighted by Crippen LogP contribution is 2.31. The minimum absolute atomic E-state index is 0.0370. The van der Waals surface area contributed by atoms with Crippen molar-refractivity contribution in [1.29, 1.82) is 0 Å². The van der Waals surface area contributed by atoms with Crippen LogP contribution in [0.4, 0.5) is 0 Å². The second kappa shape index (κ2) is 10.0. The Labute approximate surface area is 179 Å². The molecule has 0 spiro atoms. The molecule has 0 N–H and O–H groups in total. The van der Waals surface area contributed by atoms with Gasteiger partial charge in [0.15, 0.2) is 16.7 Å². The van der Waals surface area contributed by atoms with Crippen molar-refractivity contribution in [2.45, 2.75) is 11.7 Å².